The monoisotopic (exact) mass is 555 g/mol. The zero-order valence-electron chi connectivity index (χ0n) is 23.4. The number of fused-ring (bicyclic) bond motifs is 2. The van der Waals surface area contributed by atoms with Crippen LogP contribution in [0.2, 0.25) is 0 Å². The summed E-state index contributed by atoms with van der Waals surface area (Å²) in [5.74, 6) is 0.117. The molecule has 36 heavy (non-hydrogen) atoms. The molecular weight excluding hydrogens is 513 g/mol. The van der Waals surface area contributed by atoms with E-state index in [2.05, 4.69) is 60.7 Å². The van der Waals surface area contributed by atoms with E-state index >= 15 is 0 Å². The fraction of sp³-hybridized carbons (Fsp3) is 0.265. The third-order valence-corrected chi connectivity index (χ3v) is 5.25. The Morgan fingerprint density at radius 1 is 0.750 bits per heavy atom. The van der Waals surface area contributed by atoms with Gasteiger partial charge < -0.3 is 5.11 Å². The smallest absolute Gasteiger partial charge is 0 e. The summed E-state index contributed by atoms with van der Waals surface area (Å²) >= 11 is 0. The fourth-order valence-corrected chi connectivity index (χ4v) is 3.81. The summed E-state index contributed by atoms with van der Waals surface area (Å²) in [6.07, 6.45) is 13.3. The minimum absolute atomic E-state index is 0. The van der Waals surface area contributed by atoms with E-state index in [0.717, 1.165) is 28.3 Å². The van der Waals surface area contributed by atoms with Gasteiger partial charge >= 0.3 is 0 Å². The molecule has 0 saturated heterocycles. The Labute approximate surface area is 244 Å². The summed E-state index contributed by atoms with van der Waals surface area (Å²) in [6, 6.07) is 20.7. The van der Waals surface area contributed by atoms with E-state index in [1.54, 1.807) is 0 Å². The molecule has 0 amide bonds. The molecule has 0 atom stereocenters. The van der Waals surface area contributed by atoms with Crippen LogP contribution in [0.25, 0.3) is 29.0 Å². The van der Waals surface area contributed by atoms with Gasteiger partial charge in [-0.1, -0.05) is 145 Å². The third-order valence-electron chi connectivity index (χ3n) is 5.25. The number of hydrogen-bond acceptors (Lipinski definition) is 1. The fourth-order valence-electron chi connectivity index (χ4n) is 3.81. The maximum absolute atomic E-state index is 12.7. The van der Waals surface area contributed by atoms with Crippen LogP contribution in [0, 0.1) is 6.42 Å². The van der Waals surface area contributed by atoms with Crippen molar-refractivity contribution in [3.8, 4) is 0 Å². The molecule has 0 unspecified atom stereocenters. The Bertz CT molecular complexity index is 1270. The Morgan fingerprint density at radius 3 is 2.08 bits per heavy atom. The van der Waals surface area contributed by atoms with Crippen LogP contribution in [0.4, 0.5) is 0 Å². The molecule has 1 nitrogen and oxygen atoms in total. The van der Waals surface area contributed by atoms with Crippen LogP contribution in [0.15, 0.2) is 89.7 Å². The zero-order chi connectivity index (χ0) is 26.2. The summed E-state index contributed by atoms with van der Waals surface area (Å²) in [7, 11) is 0. The summed E-state index contributed by atoms with van der Waals surface area (Å²) in [5.41, 5.74) is 3.94. The molecule has 2 aliphatic rings. The van der Waals surface area contributed by atoms with Crippen molar-refractivity contribution in [3.63, 3.8) is 0 Å². The molecule has 0 bridgehead atoms. The van der Waals surface area contributed by atoms with Crippen molar-refractivity contribution in [2.75, 3.05) is 0 Å². The molecular formula is C34H42OY-2. The van der Waals surface area contributed by atoms with Crippen molar-refractivity contribution in [1.29, 1.82) is 0 Å². The second-order valence-corrected chi connectivity index (χ2v) is 6.96. The van der Waals surface area contributed by atoms with Gasteiger partial charge in [0.05, 0.1) is 0 Å². The summed E-state index contributed by atoms with van der Waals surface area (Å²) in [4.78, 5) is 0. The molecule has 3 aromatic carbocycles. The van der Waals surface area contributed by atoms with Crippen LogP contribution in [0.1, 0.15) is 66.5 Å². The number of allylic oxidation sites excluding steroid dienone is 4. The third kappa shape index (κ3) is 8.36. The largest absolute Gasteiger partial charge is 0.906 e. The van der Waals surface area contributed by atoms with E-state index in [-0.39, 0.29) is 38.5 Å². The van der Waals surface area contributed by atoms with Crippen LogP contribution in [-0.4, -0.2) is 0 Å². The second-order valence-electron chi connectivity index (χ2n) is 6.96. The Morgan fingerprint density at radius 2 is 1.39 bits per heavy atom. The average Bonchev–Trinajstić information content (AvgIpc) is 2.96. The number of hydrogen-bond donors (Lipinski definition) is 0. The van der Waals surface area contributed by atoms with Crippen molar-refractivity contribution in [2.45, 2.75) is 61.8 Å². The molecule has 2 aliphatic carbocycles. The van der Waals surface area contributed by atoms with E-state index < -0.39 is 0 Å². The topological polar surface area (TPSA) is 23.1 Å². The van der Waals surface area contributed by atoms with E-state index in [1.807, 2.05) is 92.2 Å². The van der Waals surface area contributed by atoms with E-state index in [0.29, 0.717) is 0 Å². The summed E-state index contributed by atoms with van der Waals surface area (Å²) in [5, 5.41) is 17.4. The van der Waals surface area contributed by atoms with Gasteiger partial charge in [-0.3, -0.25) is 0 Å². The van der Waals surface area contributed by atoms with Gasteiger partial charge in [-0.15, -0.1) is 29.7 Å². The molecule has 0 saturated carbocycles. The molecule has 2 heteroatoms. The molecule has 0 spiro atoms. The molecule has 189 valence electrons. The predicted octanol–water partition coefficient (Wildman–Crippen LogP) is 7.53. The van der Waals surface area contributed by atoms with Crippen molar-refractivity contribution in [3.05, 3.63) is 118 Å². The molecule has 0 aromatic heterocycles. The van der Waals surface area contributed by atoms with Gasteiger partial charge in [0.25, 0.3) is 0 Å². The van der Waals surface area contributed by atoms with Crippen molar-refractivity contribution >= 4 is 29.0 Å². The van der Waals surface area contributed by atoms with E-state index in [9.17, 15) is 5.11 Å². The normalized spacial score (nSPS) is 13.8. The van der Waals surface area contributed by atoms with Crippen molar-refractivity contribution in [1.82, 2.24) is 0 Å². The van der Waals surface area contributed by atoms with E-state index in [4.69, 9.17) is 0 Å². The summed E-state index contributed by atoms with van der Waals surface area (Å²) in [6.45, 7) is 16.0. The first-order valence-electron chi connectivity index (χ1n) is 13.2. The quantitative estimate of drug-likeness (QED) is 0.300. The van der Waals surface area contributed by atoms with Crippen molar-refractivity contribution in [2.24, 2.45) is 0 Å². The van der Waals surface area contributed by atoms with Gasteiger partial charge in [0, 0.05) is 32.7 Å². The van der Waals surface area contributed by atoms with Crippen LogP contribution in [-0.2, 0) is 39.1 Å². The molecule has 3 aromatic rings. The van der Waals surface area contributed by atoms with E-state index in [1.165, 1.54) is 21.6 Å². The van der Waals surface area contributed by atoms with Gasteiger partial charge in [0.2, 0.25) is 0 Å². The standard InChI is InChI=1S/C26H19O.4C2H6.Y/c27-26-22(15-20-11-5-9-18-7-1-3-13-24(18)20)17-23(26)16-21-12-6-10-19-8-2-4-14-25(19)21;4*1-2;/h1-7,9-17,27H,8H2;4*1-2H3;/q-1;;;;;/p-1/b21-16+,22-15-;;;;;. The molecule has 1 radical (unpaired) electrons. The van der Waals surface area contributed by atoms with Gasteiger partial charge in [-0.05, 0) is 28.0 Å². The minimum Gasteiger partial charge on any atom is -0.906 e. The van der Waals surface area contributed by atoms with Gasteiger partial charge in [-0.2, -0.15) is 5.76 Å². The maximum Gasteiger partial charge on any atom is 0 e. The number of benzene rings is 3. The van der Waals surface area contributed by atoms with Crippen LogP contribution >= 0.6 is 0 Å². The van der Waals surface area contributed by atoms with Crippen molar-refractivity contribution < 1.29 is 37.8 Å². The molecule has 0 N–H and O–H groups in total. The predicted molar refractivity (Wildman–Crippen MR) is 156 cm³/mol. The van der Waals surface area contributed by atoms with Crippen LogP contribution in [0.5, 0.6) is 0 Å². The molecule has 0 aliphatic heterocycles. The van der Waals surface area contributed by atoms with Gasteiger partial charge in [0.1, 0.15) is 0 Å². The van der Waals surface area contributed by atoms with Crippen LogP contribution < -0.4 is 15.5 Å². The first-order valence-corrected chi connectivity index (χ1v) is 13.2. The first-order chi connectivity index (χ1) is 17.3. The Kier molecular flexibility index (Phi) is 17.6. The van der Waals surface area contributed by atoms with Gasteiger partial charge in [-0.25, -0.2) is 0 Å². The molecule has 5 rings (SSSR count). The zero-order valence-corrected chi connectivity index (χ0v) is 26.3. The second kappa shape index (κ2) is 18.9. The number of rotatable bonds is 2. The molecule has 0 heterocycles. The average molecular weight is 556 g/mol. The van der Waals surface area contributed by atoms with Gasteiger partial charge in [0.15, 0.2) is 0 Å². The Hall–Kier alpha value is -2.35. The first kappa shape index (κ1) is 33.7. The molecule has 0 fully saturated rings. The SMILES string of the molecule is CC.CC.CC.CC.[O-]C1=C(/C=c2\cccc3c2=CC=CC3)[CH-]/C1=C/c1cccc2ccccc12.[Y]. The summed E-state index contributed by atoms with van der Waals surface area (Å²) < 4.78 is 0. The minimum atomic E-state index is 0. The van der Waals surface area contributed by atoms with Crippen LogP contribution in [0.3, 0.4) is 0 Å². The Balaban J connectivity index is 0.00000125. The maximum atomic E-state index is 12.7.